The average molecular weight is 371 g/mol. The first kappa shape index (κ1) is 18.0. The van der Waals surface area contributed by atoms with Crippen LogP contribution in [0.5, 0.6) is 0 Å². The number of aryl methyl sites for hydroxylation is 1. The van der Waals surface area contributed by atoms with Crippen molar-refractivity contribution in [1.82, 2.24) is 0 Å². The van der Waals surface area contributed by atoms with Crippen LogP contribution in [-0.4, -0.2) is 11.9 Å². The highest BCUT2D eigenvalue weighted by molar-refractivity contribution is 6.05. The fraction of sp³-hybridized carbons (Fsp3) is 0.167. The molecule has 1 atom stereocenters. The molecule has 4 heteroatoms. The minimum Gasteiger partial charge on any atom is -0.454 e. The molecule has 1 N–H and O–H groups in total. The van der Waals surface area contributed by atoms with Crippen molar-refractivity contribution in [3.8, 4) is 0 Å². The van der Waals surface area contributed by atoms with Crippen LogP contribution in [-0.2, 0) is 17.6 Å². The third-order valence-electron chi connectivity index (χ3n) is 5.03. The van der Waals surface area contributed by atoms with Gasteiger partial charge in [-0.3, -0.25) is 4.79 Å². The number of amides is 1. The van der Waals surface area contributed by atoms with E-state index >= 15 is 0 Å². The maximum atomic E-state index is 12.7. The van der Waals surface area contributed by atoms with Crippen LogP contribution in [0.1, 0.15) is 50.4 Å². The van der Waals surface area contributed by atoms with E-state index in [2.05, 4.69) is 12.2 Å². The highest BCUT2D eigenvalue weighted by Gasteiger charge is 2.28. The minimum atomic E-state index is -0.350. The lowest BCUT2D eigenvalue weighted by Gasteiger charge is -2.25. The van der Waals surface area contributed by atoms with Crippen LogP contribution in [0, 0.1) is 0 Å². The Bertz CT molecular complexity index is 1010. The summed E-state index contributed by atoms with van der Waals surface area (Å²) < 4.78 is 5.58. The summed E-state index contributed by atoms with van der Waals surface area (Å²) in [5.41, 5.74) is 4.81. The predicted molar refractivity (Wildman–Crippen MR) is 109 cm³/mol. The van der Waals surface area contributed by atoms with E-state index in [9.17, 15) is 9.59 Å². The lowest BCUT2D eigenvalue weighted by molar-refractivity contribution is 0.0252. The first-order valence-electron chi connectivity index (χ1n) is 9.43. The largest absolute Gasteiger partial charge is 0.454 e. The van der Waals surface area contributed by atoms with Crippen molar-refractivity contribution >= 4 is 17.6 Å². The monoisotopic (exact) mass is 371 g/mol. The van der Waals surface area contributed by atoms with Gasteiger partial charge in [0.2, 0.25) is 0 Å². The van der Waals surface area contributed by atoms with Crippen molar-refractivity contribution in [3.63, 3.8) is 0 Å². The molecule has 0 bridgehead atoms. The Kier molecular flexibility index (Phi) is 4.94. The quantitative estimate of drug-likeness (QED) is 0.660. The number of fused-ring (bicyclic) bond motifs is 1. The molecule has 4 rings (SSSR count). The summed E-state index contributed by atoms with van der Waals surface area (Å²) in [5, 5.41) is 2.92. The molecule has 0 aromatic heterocycles. The SMILES string of the molecule is CCc1ccc(NC(=O)c2ccc3c(c2)C[C@@H](c2ccccc2)OC3=O)cc1. The number of carbonyl (C=O) groups is 2. The van der Waals surface area contributed by atoms with Crippen LogP contribution in [0.3, 0.4) is 0 Å². The molecule has 3 aromatic carbocycles. The Labute approximate surface area is 164 Å². The van der Waals surface area contributed by atoms with Gasteiger partial charge in [-0.15, -0.1) is 0 Å². The number of esters is 1. The molecule has 1 heterocycles. The van der Waals surface area contributed by atoms with Crippen molar-refractivity contribution in [2.75, 3.05) is 5.32 Å². The Balaban J connectivity index is 1.55. The summed E-state index contributed by atoms with van der Waals surface area (Å²) in [6, 6.07) is 22.6. The van der Waals surface area contributed by atoms with Gasteiger partial charge >= 0.3 is 5.97 Å². The summed E-state index contributed by atoms with van der Waals surface area (Å²) in [6.07, 6.45) is 1.18. The van der Waals surface area contributed by atoms with Gasteiger partial charge in [-0.05, 0) is 53.4 Å². The number of cyclic esters (lactones) is 1. The summed E-state index contributed by atoms with van der Waals surface area (Å²) in [6.45, 7) is 2.09. The predicted octanol–water partition coefficient (Wildman–Crippen LogP) is 4.96. The van der Waals surface area contributed by atoms with Gasteiger partial charge in [0, 0.05) is 17.7 Å². The average Bonchev–Trinajstić information content (AvgIpc) is 2.74. The second-order valence-electron chi connectivity index (χ2n) is 6.89. The van der Waals surface area contributed by atoms with Crippen molar-refractivity contribution in [1.29, 1.82) is 0 Å². The van der Waals surface area contributed by atoms with E-state index in [0.29, 0.717) is 17.5 Å². The van der Waals surface area contributed by atoms with E-state index in [-0.39, 0.29) is 18.0 Å². The molecule has 0 saturated heterocycles. The van der Waals surface area contributed by atoms with Crippen LogP contribution in [0.4, 0.5) is 5.69 Å². The van der Waals surface area contributed by atoms with Crippen LogP contribution in [0.15, 0.2) is 72.8 Å². The molecule has 0 saturated carbocycles. The van der Waals surface area contributed by atoms with Crippen LogP contribution < -0.4 is 5.32 Å². The fourth-order valence-corrected chi connectivity index (χ4v) is 3.42. The molecule has 4 nitrogen and oxygen atoms in total. The number of rotatable bonds is 4. The van der Waals surface area contributed by atoms with Crippen molar-refractivity contribution in [2.45, 2.75) is 25.9 Å². The van der Waals surface area contributed by atoms with Gasteiger partial charge in [-0.2, -0.15) is 0 Å². The van der Waals surface area contributed by atoms with Gasteiger partial charge in [0.05, 0.1) is 5.56 Å². The van der Waals surface area contributed by atoms with Gasteiger partial charge < -0.3 is 10.1 Å². The number of benzene rings is 3. The van der Waals surface area contributed by atoms with E-state index in [1.807, 2.05) is 54.6 Å². The number of nitrogens with one attached hydrogen (secondary N) is 1. The molecule has 140 valence electrons. The molecule has 0 radical (unpaired) electrons. The van der Waals surface area contributed by atoms with Crippen molar-refractivity contribution in [3.05, 3.63) is 101 Å². The Morgan fingerprint density at radius 2 is 1.79 bits per heavy atom. The van der Waals surface area contributed by atoms with E-state index in [1.165, 1.54) is 5.56 Å². The molecule has 1 amide bonds. The summed E-state index contributed by atoms with van der Waals surface area (Å²) in [7, 11) is 0. The Morgan fingerprint density at radius 3 is 2.50 bits per heavy atom. The van der Waals surface area contributed by atoms with Gasteiger partial charge in [0.1, 0.15) is 6.10 Å². The lowest BCUT2D eigenvalue weighted by atomic mass is 9.93. The molecular formula is C24H21NO3. The molecule has 0 spiro atoms. The fourth-order valence-electron chi connectivity index (χ4n) is 3.42. The second kappa shape index (κ2) is 7.69. The number of anilines is 1. The topological polar surface area (TPSA) is 55.4 Å². The highest BCUT2D eigenvalue weighted by Crippen LogP contribution is 2.31. The smallest absolute Gasteiger partial charge is 0.339 e. The zero-order valence-electron chi connectivity index (χ0n) is 15.6. The van der Waals surface area contributed by atoms with E-state index < -0.39 is 0 Å². The van der Waals surface area contributed by atoms with Crippen LogP contribution >= 0.6 is 0 Å². The normalized spacial score (nSPS) is 15.5. The molecule has 0 fully saturated rings. The maximum absolute atomic E-state index is 12.7. The highest BCUT2D eigenvalue weighted by atomic mass is 16.5. The third-order valence-corrected chi connectivity index (χ3v) is 5.03. The molecular weight excluding hydrogens is 350 g/mol. The zero-order valence-corrected chi connectivity index (χ0v) is 15.6. The second-order valence-corrected chi connectivity index (χ2v) is 6.89. The van der Waals surface area contributed by atoms with Gasteiger partial charge in [0.25, 0.3) is 5.91 Å². The molecule has 1 aliphatic heterocycles. The van der Waals surface area contributed by atoms with E-state index in [1.54, 1.807) is 18.2 Å². The Hall–Kier alpha value is -3.40. The van der Waals surface area contributed by atoms with Gasteiger partial charge in [-0.25, -0.2) is 4.79 Å². The number of hydrogen-bond donors (Lipinski definition) is 1. The van der Waals surface area contributed by atoms with Gasteiger partial charge in [0.15, 0.2) is 0 Å². The van der Waals surface area contributed by atoms with Crippen LogP contribution in [0.25, 0.3) is 0 Å². The molecule has 1 aliphatic rings. The molecule has 28 heavy (non-hydrogen) atoms. The summed E-state index contributed by atoms with van der Waals surface area (Å²) in [4.78, 5) is 25.0. The van der Waals surface area contributed by atoms with Gasteiger partial charge in [-0.1, -0.05) is 49.4 Å². The zero-order chi connectivity index (χ0) is 19.5. The van der Waals surface area contributed by atoms with E-state index in [4.69, 9.17) is 4.74 Å². The lowest BCUT2D eigenvalue weighted by Crippen LogP contribution is -2.23. The standard InChI is InChI=1S/C24H21NO3/c1-2-16-8-11-20(12-9-16)25-23(26)18-10-13-21-19(14-18)15-22(28-24(21)27)17-6-4-3-5-7-17/h3-14,22H,2,15H2,1H3,(H,25,26)/t22-/m0/s1. The van der Waals surface area contributed by atoms with E-state index in [0.717, 1.165) is 23.2 Å². The summed E-state index contributed by atoms with van der Waals surface area (Å²) >= 11 is 0. The first-order valence-corrected chi connectivity index (χ1v) is 9.43. The molecule has 3 aromatic rings. The summed E-state index contributed by atoms with van der Waals surface area (Å²) in [5.74, 6) is -0.542. The van der Waals surface area contributed by atoms with Crippen LogP contribution in [0.2, 0.25) is 0 Å². The third kappa shape index (κ3) is 3.67. The number of ether oxygens (including phenoxy) is 1. The number of carbonyl (C=O) groups excluding carboxylic acids is 2. The maximum Gasteiger partial charge on any atom is 0.339 e. The molecule has 0 aliphatic carbocycles. The van der Waals surface area contributed by atoms with Crippen molar-refractivity contribution in [2.24, 2.45) is 0 Å². The number of hydrogen-bond acceptors (Lipinski definition) is 3. The Morgan fingerprint density at radius 1 is 1.04 bits per heavy atom. The van der Waals surface area contributed by atoms with Crippen molar-refractivity contribution < 1.29 is 14.3 Å². The molecule has 0 unspecified atom stereocenters. The first-order chi connectivity index (χ1) is 13.6. The minimum absolute atomic E-state index is 0.192.